The van der Waals surface area contributed by atoms with Gasteiger partial charge in [-0.05, 0) is 36.8 Å². The second-order valence-corrected chi connectivity index (χ2v) is 4.46. The predicted octanol–water partition coefficient (Wildman–Crippen LogP) is 2.50. The summed E-state index contributed by atoms with van der Waals surface area (Å²) >= 11 is 0. The zero-order valence-electron chi connectivity index (χ0n) is 10.4. The predicted molar refractivity (Wildman–Crippen MR) is 68.0 cm³/mol. The summed E-state index contributed by atoms with van der Waals surface area (Å²) < 4.78 is 4.83. The third-order valence-electron chi connectivity index (χ3n) is 3.00. The molecule has 0 aliphatic heterocycles. The van der Waals surface area contributed by atoms with Gasteiger partial charge in [0, 0.05) is 6.42 Å². The standard InChI is InChI=1S/C14H17NO3/c1-2-18-14(16)13(15-17)9-10-4-3-5-12(8-10)11-6-7-11/h3-5,8,11,17H,2,6-7,9H2,1H3. The van der Waals surface area contributed by atoms with Gasteiger partial charge in [-0.1, -0.05) is 29.4 Å². The number of carbonyl (C=O) groups is 1. The van der Waals surface area contributed by atoms with Crippen LogP contribution < -0.4 is 0 Å². The molecule has 1 saturated carbocycles. The van der Waals surface area contributed by atoms with Crippen LogP contribution in [0.2, 0.25) is 0 Å². The molecule has 1 aliphatic rings. The summed E-state index contributed by atoms with van der Waals surface area (Å²) in [6.45, 7) is 2.00. The van der Waals surface area contributed by atoms with E-state index in [0.29, 0.717) is 12.3 Å². The first-order valence-electron chi connectivity index (χ1n) is 6.21. The number of rotatable bonds is 5. The molecule has 1 N–H and O–H groups in total. The molecule has 4 heteroatoms. The average Bonchev–Trinajstić information content (AvgIpc) is 3.21. The number of ether oxygens (including phenoxy) is 1. The minimum Gasteiger partial charge on any atom is -0.461 e. The van der Waals surface area contributed by atoms with E-state index in [1.54, 1.807) is 6.92 Å². The minimum absolute atomic E-state index is 0.0461. The van der Waals surface area contributed by atoms with Crippen molar-refractivity contribution in [1.29, 1.82) is 0 Å². The van der Waals surface area contributed by atoms with Crippen molar-refractivity contribution >= 4 is 11.7 Å². The molecule has 4 nitrogen and oxygen atoms in total. The highest BCUT2D eigenvalue weighted by Gasteiger charge is 2.23. The van der Waals surface area contributed by atoms with Gasteiger partial charge in [-0.2, -0.15) is 0 Å². The van der Waals surface area contributed by atoms with Gasteiger partial charge in [-0.25, -0.2) is 4.79 Å². The van der Waals surface area contributed by atoms with Gasteiger partial charge in [0.25, 0.3) is 0 Å². The van der Waals surface area contributed by atoms with Crippen molar-refractivity contribution in [3.8, 4) is 0 Å². The van der Waals surface area contributed by atoms with E-state index in [2.05, 4.69) is 17.3 Å². The van der Waals surface area contributed by atoms with Gasteiger partial charge in [0.05, 0.1) is 6.61 Å². The molecular weight excluding hydrogens is 230 g/mol. The van der Waals surface area contributed by atoms with Gasteiger partial charge >= 0.3 is 5.97 Å². The number of benzene rings is 1. The second-order valence-electron chi connectivity index (χ2n) is 4.46. The van der Waals surface area contributed by atoms with Gasteiger partial charge in [0.15, 0.2) is 5.71 Å². The Hall–Kier alpha value is -1.84. The van der Waals surface area contributed by atoms with E-state index in [4.69, 9.17) is 9.94 Å². The summed E-state index contributed by atoms with van der Waals surface area (Å²) in [4.78, 5) is 11.5. The zero-order chi connectivity index (χ0) is 13.0. The van der Waals surface area contributed by atoms with Gasteiger partial charge in [0.2, 0.25) is 0 Å². The summed E-state index contributed by atoms with van der Waals surface area (Å²) in [7, 11) is 0. The van der Waals surface area contributed by atoms with Crippen LogP contribution in [0.5, 0.6) is 0 Å². The molecule has 96 valence electrons. The fourth-order valence-electron chi connectivity index (χ4n) is 1.93. The van der Waals surface area contributed by atoms with Crippen molar-refractivity contribution < 1.29 is 14.7 Å². The number of carbonyl (C=O) groups excluding carboxylic acids is 1. The minimum atomic E-state index is -0.558. The molecule has 0 unspecified atom stereocenters. The van der Waals surface area contributed by atoms with E-state index >= 15 is 0 Å². The molecule has 0 bridgehead atoms. The SMILES string of the molecule is CCOC(=O)C(Cc1cccc(C2CC2)c1)=NO. The summed E-state index contributed by atoms with van der Waals surface area (Å²) in [5.74, 6) is 0.110. The molecule has 0 saturated heterocycles. The third kappa shape index (κ3) is 3.09. The highest BCUT2D eigenvalue weighted by atomic mass is 16.5. The van der Waals surface area contributed by atoms with E-state index in [1.165, 1.54) is 18.4 Å². The Bertz CT molecular complexity index is 464. The maximum atomic E-state index is 11.5. The molecule has 1 fully saturated rings. The average molecular weight is 247 g/mol. The van der Waals surface area contributed by atoms with Crippen LogP contribution in [0.4, 0.5) is 0 Å². The van der Waals surface area contributed by atoms with Crippen LogP contribution in [0.3, 0.4) is 0 Å². The highest BCUT2D eigenvalue weighted by molar-refractivity contribution is 6.36. The Labute approximate surface area is 106 Å². The fraction of sp³-hybridized carbons (Fsp3) is 0.429. The molecule has 1 aliphatic carbocycles. The molecule has 0 heterocycles. The molecule has 0 spiro atoms. The summed E-state index contributed by atoms with van der Waals surface area (Å²) in [5, 5.41) is 11.9. The number of nitrogens with zero attached hydrogens (tertiary/aromatic N) is 1. The lowest BCUT2D eigenvalue weighted by molar-refractivity contribution is -0.135. The molecule has 1 aromatic rings. The monoisotopic (exact) mass is 247 g/mol. The van der Waals surface area contributed by atoms with E-state index in [0.717, 1.165) is 5.56 Å². The maximum Gasteiger partial charge on any atom is 0.356 e. The van der Waals surface area contributed by atoms with E-state index < -0.39 is 5.97 Å². The van der Waals surface area contributed by atoms with Crippen LogP contribution in [-0.4, -0.2) is 23.5 Å². The first-order valence-corrected chi connectivity index (χ1v) is 6.21. The van der Waals surface area contributed by atoms with Gasteiger partial charge in [0.1, 0.15) is 0 Å². The first kappa shape index (κ1) is 12.6. The van der Waals surface area contributed by atoms with Crippen molar-refractivity contribution in [2.45, 2.75) is 32.1 Å². The lowest BCUT2D eigenvalue weighted by atomic mass is 10.0. The first-order chi connectivity index (χ1) is 8.74. The summed E-state index contributed by atoms with van der Waals surface area (Å²) in [5.41, 5.74) is 2.32. The normalized spacial score (nSPS) is 15.5. The number of oxime groups is 1. The van der Waals surface area contributed by atoms with Crippen molar-refractivity contribution in [1.82, 2.24) is 0 Å². The van der Waals surface area contributed by atoms with Crippen LogP contribution in [0.25, 0.3) is 0 Å². The molecule has 0 radical (unpaired) electrons. The van der Waals surface area contributed by atoms with E-state index in [9.17, 15) is 4.79 Å². The highest BCUT2D eigenvalue weighted by Crippen LogP contribution is 2.40. The van der Waals surface area contributed by atoms with E-state index in [1.807, 2.05) is 12.1 Å². The van der Waals surface area contributed by atoms with Gasteiger partial charge < -0.3 is 9.94 Å². The topological polar surface area (TPSA) is 58.9 Å². The number of hydrogen-bond acceptors (Lipinski definition) is 4. The maximum absolute atomic E-state index is 11.5. The van der Waals surface area contributed by atoms with Crippen molar-refractivity contribution in [2.75, 3.05) is 6.61 Å². The molecule has 0 aromatic heterocycles. The van der Waals surface area contributed by atoms with E-state index in [-0.39, 0.29) is 12.3 Å². The second kappa shape index (κ2) is 5.67. The number of hydrogen-bond donors (Lipinski definition) is 1. The quantitative estimate of drug-likeness (QED) is 0.376. The fourth-order valence-corrected chi connectivity index (χ4v) is 1.93. The van der Waals surface area contributed by atoms with Gasteiger partial charge in [-0.3, -0.25) is 0 Å². The van der Waals surface area contributed by atoms with Crippen LogP contribution >= 0.6 is 0 Å². The largest absolute Gasteiger partial charge is 0.461 e. The Balaban J connectivity index is 2.07. The zero-order valence-corrected chi connectivity index (χ0v) is 10.4. The molecule has 18 heavy (non-hydrogen) atoms. The van der Waals surface area contributed by atoms with Crippen molar-refractivity contribution in [3.63, 3.8) is 0 Å². The van der Waals surface area contributed by atoms with Crippen LogP contribution in [0, 0.1) is 0 Å². The Morgan fingerprint density at radius 1 is 1.50 bits per heavy atom. The van der Waals surface area contributed by atoms with Gasteiger partial charge in [-0.15, -0.1) is 0 Å². The Morgan fingerprint density at radius 2 is 2.28 bits per heavy atom. The smallest absolute Gasteiger partial charge is 0.356 e. The van der Waals surface area contributed by atoms with Crippen molar-refractivity contribution in [3.05, 3.63) is 35.4 Å². The lowest BCUT2D eigenvalue weighted by Crippen LogP contribution is -2.20. The van der Waals surface area contributed by atoms with Crippen LogP contribution in [-0.2, 0) is 16.0 Å². The third-order valence-corrected chi connectivity index (χ3v) is 3.00. The molecule has 0 amide bonds. The summed E-state index contributed by atoms with van der Waals surface area (Å²) in [6, 6.07) is 8.07. The number of esters is 1. The molecule has 2 rings (SSSR count). The van der Waals surface area contributed by atoms with Crippen molar-refractivity contribution in [2.24, 2.45) is 5.16 Å². The lowest BCUT2D eigenvalue weighted by Gasteiger charge is -2.06. The Morgan fingerprint density at radius 3 is 2.89 bits per heavy atom. The molecule has 1 aromatic carbocycles. The molecular formula is C14H17NO3. The Kier molecular flexibility index (Phi) is 3.97. The van der Waals surface area contributed by atoms with Crippen LogP contribution in [0.15, 0.2) is 29.4 Å². The molecule has 0 atom stereocenters. The summed E-state index contributed by atoms with van der Waals surface area (Å²) in [6.07, 6.45) is 2.78. The van der Waals surface area contributed by atoms with Crippen LogP contribution in [0.1, 0.15) is 36.8 Å².